The molecule has 4 heterocycles. The van der Waals surface area contributed by atoms with E-state index in [1.54, 1.807) is 36.9 Å². The standard InChI is InChI=1S/C35H18N8O2.Pd.Pt/c1-5-23(33-37-13-3-14-38-33)17-25(7-1)44-27-9-11-29-30-12-10-28(20-32(30)43(31(29)19-27)35-41-21-36-22-42-35)45-26-8-2-6-24(18-26)34-39-15-4-16-40-34;;/h1-16,21-22H;;/q-4;2*+2. The van der Waals surface area contributed by atoms with Gasteiger partial charge in [-0.15, -0.1) is 71.8 Å². The molecule has 0 saturated heterocycles. The maximum atomic E-state index is 6.20. The first-order valence-electron chi connectivity index (χ1n) is 13.8. The Labute approximate surface area is 296 Å². The molecule has 0 radical (unpaired) electrons. The van der Waals surface area contributed by atoms with E-state index in [9.17, 15) is 0 Å². The van der Waals surface area contributed by atoms with Crippen molar-refractivity contribution in [2.75, 3.05) is 0 Å². The van der Waals surface area contributed by atoms with E-state index in [-0.39, 0.29) is 41.5 Å². The maximum Gasteiger partial charge on any atom is 2.00 e. The zero-order valence-electron chi connectivity index (χ0n) is 23.9. The summed E-state index contributed by atoms with van der Waals surface area (Å²) in [5.74, 6) is 3.48. The molecule has 0 saturated carbocycles. The van der Waals surface area contributed by atoms with E-state index < -0.39 is 0 Å². The van der Waals surface area contributed by atoms with Gasteiger partial charge in [-0.2, -0.15) is 22.9 Å². The molecule has 8 aromatic rings. The molecule has 0 aliphatic carbocycles. The Morgan fingerprint density at radius 1 is 0.489 bits per heavy atom. The van der Waals surface area contributed by atoms with Gasteiger partial charge in [0.25, 0.3) is 0 Å². The maximum absolute atomic E-state index is 6.20. The number of benzene rings is 4. The molecule has 0 spiro atoms. The van der Waals surface area contributed by atoms with E-state index in [2.05, 4.69) is 59.2 Å². The van der Waals surface area contributed by atoms with Gasteiger partial charge in [0.15, 0.2) is 0 Å². The average Bonchev–Trinajstić information content (AvgIpc) is 3.42. The van der Waals surface area contributed by atoms with Crippen LogP contribution in [0.15, 0.2) is 110 Å². The van der Waals surface area contributed by atoms with Crippen molar-refractivity contribution in [1.82, 2.24) is 39.5 Å². The molecule has 4 aromatic carbocycles. The molecule has 47 heavy (non-hydrogen) atoms. The van der Waals surface area contributed by atoms with Gasteiger partial charge < -0.3 is 14.0 Å². The summed E-state index contributed by atoms with van der Waals surface area (Å²) in [5.41, 5.74) is 2.82. The topological polar surface area (TPSA) is 114 Å². The molecule has 10 nitrogen and oxygen atoms in total. The first-order valence-corrected chi connectivity index (χ1v) is 13.8. The monoisotopic (exact) mass is 883 g/mol. The smallest absolute Gasteiger partial charge is 0.503 e. The summed E-state index contributed by atoms with van der Waals surface area (Å²) in [5, 5.41) is 1.82. The van der Waals surface area contributed by atoms with Crippen molar-refractivity contribution in [3.8, 4) is 51.7 Å². The van der Waals surface area contributed by atoms with Gasteiger partial charge in [-0.1, -0.05) is 23.2 Å². The fourth-order valence-corrected chi connectivity index (χ4v) is 4.88. The van der Waals surface area contributed by atoms with Crippen LogP contribution in [0.3, 0.4) is 0 Å². The minimum atomic E-state index is 0. The van der Waals surface area contributed by atoms with Crippen molar-refractivity contribution in [3.05, 3.63) is 135 Å². The molecule has 0 fully saturated rings. The summed E-state index contributed by atoms with van der Waals surface area (Å²) in [7, 11) is 0. The van der Waals surface area contributed by atoms with Gasteiger partial charge in [0.05, 0.1) is 11.6 Å². The predicted octanol–water partition coefficient (Wildman–Crippen LogP) is 6.66. The Kier molecular flexibility index (Phi) is 9.50. The van der Waals surface area contributed by atoms with Crippen LogP contribution >= 0.6 is 0 Å². The largest absolute Gasteiger partial charge is 2.00 e. The zero-order chi connectivity index (χ0) is 30.0. The van der Waals surface area contributed by atoms with Crippen LogP contribution in [0, 0.1) is 24.3 Å². The Hall–Kier alpha value is -5.20. The summed E-state index contributed by atoms with van der Waals surface area (Å²) >= 11 is 0. The van der Waals surface area contributed by atoms with Gasteiger partial charge in [-0.05, 0) is 12.1 Å². The molecule has 0 unspecified atom stereocenters. The van der Waals surface area contributed by atoms with Crippen LogP contribution in [0.1, 0.15) is 0 Å². The van der Waals surface area contributed by atoms with E-state index in [0.717, 1.165) is 21.9 Å². The van der Waals surface area contributed by atoms with Crippen molar-refractivity contribution < 1.29 is 51.0 Å². The molecule has 0 atom stereocenters. The molecule has 0 aliphatic rings. The van der Waals surface area contributed by atoms with Gasteiger partial charge in [0.1, 0.15) is 12.7 Å². The van der Waals surface area contributed by atoms with Crippen LogP contribution in [0.2, 0.25) is 0 Å². The molecule has 0 amide bonds. The number of hydrogen-bond donors (Lipinski definition) is 0. The fraction of sp³-hybridized carbons (Fsp3) is 0. The molecule has 0 N–H and O–H groups in total. The zero-order valence-corrected chi connectivity index (χ0v) is 27.7. The van der Waals surface area contributed by atoms with Crippen molar-refractivity contribution >= 4 is 21.8 Å². The molecule has 0 aliphatic heterocycles. The minimum Gasteiger partial charge on any atom is -0.503 e. The van der Waals surface area contributed by atoms with E-state index in [1.165, 1.54) is 12.7 Å². The number of fused-ring (bicyclic) bond motifs is 3. The third kappa shape index (κ3) is 6.56. The van der Waals surface area contributed by atoms with E-state index >= 15 is 0 Å². The number of rotatable bonds is 7. The van der Waals surface area contributed by atoms with Gasteiger partial charge >= 0.3 is 41.5 Å². The molecular formula is C35H18N8O2PdPt. The van der Waals surface area contributed by atoms with Gasteiger partial charge in [-0.25, -0.2) is 15.0 Å². The Bertz CT molecular complexity index is 2150. The normalized spacial score (nSPS) is 10.6. The van der Waals surface area contributed by atoms with E-state index in [4.69, 9.17) is 9.47 Å². The predicted molar refractivity (Wildman–Crippen MR) is 165 cm³/mol. The SMILES string of the molecule is [Pd+2].[Pt+2].[c-]1c(Oc2[c-]c3c(cc2)c2ccc(Oc4[c-]c(-c5ncccn5)ccc4)[c-]c2n3-c2ncncn2)cccc1-c1ncccn1. The van der Waals surface area contributed by atoms with Crippen LogP contribution in [0.25, 0.3) is 50.5 Å². The summed E-state index contributed by atoms with van der Waals surface area (Å²) < 4.78 is 14.3. The first kappa shape index (κ1) is 31.8. The molecule has 0 bridgehead atoms. The van der Waals surface area contributed by atoms with Gasteiger partial charge in [0.2, 0.25) is 5.95 Å². The van der Waals surface area contributed by atoms with E-state index in [0.29, 0.717) is 51.6 Å². The number of aromatic nitrogens is 8. The third-order valence-electron chi connectivity index (χ3n) is 6.80. The number of ether oxygens (including phenoxy) is 2. The molecular weight excluding hydrogens is 866 g/mol. The van der Waals surface area contributed by atoms with Crippen LogP contribution < -0.4 is 9.47 Å². The van der Waals surface area contributed by atoms with Crippen molar-refractivity contribution in [2.24, 2.45) is 0 Å². The summed E-state index contributed by atoms with van der Waals surface area (Å²) in [4.78, 5) is 30.1. The molecule has 8 rings (SSSR count). The Morgan fingerprint density at radius 2 is 0.936 bits per heavy atom. The fourth-order valence-electron chi connectivity index (χ4n) is 4.88. The molecule has 230 valence electrons. The minimum absolute atomic E-state index is 0. The summed E-state index contributed by atoms with van der Waals surface area (Å²) in [6.45, 7) is 0. The second-order valence-corrected chi connectivity index (χ2v) is 9.65. The number of hydrogen-bond acceptors (Lipinski definition) is 9. The molecule has 4 aromatic heterocycles. The van der Waals surface area contributed by atoms with Crippen LogP contribution in [0.5, 0.6) is 23.0 Å². The van der Waals surface area contributed by atoms with E-state index in [1.807, 2.05) is 65.2 Å². The third-order valence-corrected chi connectivity index (χ3v) is 6.80. The Balaban J connectivity index is 0.00000193. The van der Waals surface area contributed by atoms with Crippen molar-refractivity contribution in [3.63, 3.8) is 0 Å². The second-order valence-electron chi connectivity index (χ2n) is 9.65. The first-order chi connectivity index (χ1) is 22.3. The van der Waals surface area contributed by atoms with Crippen molar-refractivity contribution in [2.45, 2.75) is 0 Å². The average molecular weight is 884 g/mol. The summed E-state index contributed by atoms with van der Waals surface area (Å²) in [6.07, 6.45) is 9.64. The van der Waals surface area contributed by atoms with Gasteiger partial charge in [0, 0.05) is 47.8 Å². The molecule has 12 heteroatoms. The Morgan fingerprint density at radius 3 is 1.40 bits per heavy atom. The van der Waals surface area contributed by atoms with Crippen LogP contribution in [-0.2, 0) is 41.5 Å². The van der Waals surface area contributed by atoms with Gasteiger partial charge in [-0.3, -0.25) is 19.9 Å². The number of nitrogens with zero attached hydrogens (tertiary/aromatic N) is 8. The van der Waals surface area contributed by atoms with Crippen LogP contribution in [-0.4, -0.2) is 39.5 Å². The second kappa shape index (κ2) is 14.1. The summed E-state index contributed by atoms with van der Waals surface area (Å²) in [6, 6.07) is 35.6. The van der Waals surface area contributed by atoms with Crippen LogP contribution in [0.4, 0.5) is 0 Å². The van der Waals surface area contributed by atoms with Crippen molar-refractivity contribution in [1.29, 1.82) is 0 Å². The quantitative estimate of drug-likeness (QED) is 0.128.